The van der Waals surface area contributed by atoms with Crippen LogP contribution in [-0.2, 0) is 11.3 Å². The molecule has 0 saturated carbocycles. The Morgan fingerprint density at radius 3 is 2.35 bits per heavy atom. The lowest BCUT2D eigenvalue weighted by Crippen LogP contribution is -2.27. The van der Waals surface area contributed by atoms with Crippen LogP contribution in [0.4, 0.5) is 5.69 Å². The molecule has 2 rings (SSSR count). The van der Waals surface area contributed by atoms with E-state index >= 15 is 0 Å². The van der Waals surface area contributed by atoms with Gasteiger partial charge in [-0.3, -0.25) is 4.79 Å². The van der Waals surface area contributed by atoms with Gasteiger partial charge in [0.2, 0.25) is 5.91 Å². The summed E-state index contributed by atoms with van der Waals surface area (Å²) in [6, 6.07) is 14.3. The van der Waals surface area contributed by atoms with Crippen molar-refractivity contribution in [3.05, 3.63) is 58.6 Å². The molecule has 104 valence electrons. The van der Waals surface area contributed by atoms with Crippen LogP contribution in [0.15, 0.2) is 53.0 Å². The number of anilines is 1. The van der Waals surface area contributed by atoms with Crippen LogP contribution in [0, 0.1) is 0 Å². The Hall–Kier alpha value is -1.85. The molecule has 0 heterocycles. The number of benzene rings is 2. The first-order valence-corrected chi connectivity index (χ1v) is 6.97. The monoisotopic (exact) mass is 334 g/mol. The third-order valence-corrected chi connectivity index (χ3v) is 3.21. The van der Waals surface area contributed by atoms with E-state index < -0.39 is 0 Å². The predicted molar refractivity (Wildman–Crippen MR) is 82.6 cm³/mol. The van der Waals surface area contributed by atoms with Gasteiger partial charge in [-0.1, -0.05) is 28.1 Å². The number of carbonyl (C=O) groups excluding carboxylic acids is 1. The molecule has 1 amide bonds. The summed E-state index contributed by atoms with van der Waals surface area (Å²) in [5, 5.41) is 15.0. The van der Waals surface area contributed by atoms with Crippen LogP contribution >= 0.6 is 15.9 Å². The van der Waals surface area contributed by atoms with Crippen molar-refractivity contribution < 1.29 is 9.90 Å². The third kappa shape index (κ3) is 4.68. The summed E-state index contributed by atoms with van der Waals surface area (Å²) < 4.78 is 0.973. The summed E-state index contributed by atoms with van der Waals surface area (Å²) in [7, 11) is 0. The molecule has 0 aliphatic carbocycles. The molecular weight excluding hydrogens is 320 g/mol. The molecule has 0 atom stereocenters. The van der Waals surface area contributed by atoms with E-state index in [1.165, 1.54) is 0 Å². The lowest BCUT2D eigenvalue weighted by molar-refractivity contribution is -0.115. The van der Waals surface area contributed by atoms with Crippen LogP contribution in [0.3, 0.4) is 0 Å². The SMILES string of the molecule is O=C(CNCc1ccc(O)cc1)Nc1ccc(Br)cc1. The number of carbonyl (C=O) groups is 1. The lowest BCUT2D eigenvalue weighted by atomic mass is 10.2. The van der Waals surface area contributed by atoms with E-state index in [4.69, 9.17) is 5.11 Å². The van der Waals surface area contributed by atoms with Crippen LogP contribution < -0.4 is 10.6 Å². The third-order valence-electron chi connectivity index (χ3n) is 2.68. The molecule has 0 saturated heterocycles. The quantitative estimate of drug-likeness (QED) is 0.787. The highest BCUT2D eigenvalue weighted by Gasteiger charge is 2.02. The number of phenolic OH excluding ortho intramolecular Hbond substituents is 1. The maximum atomic E-state index is 11.7. The number of phenols is 1. The van der Waals surface area contributed by atoms with Crippen molar-refractivity contribution in [3.63, 3.8) is 0 Å². The first-order chi connectivity index (χ1) is 9.63. The molecule has 0 aromatic heterocycles. The molecule has 0 spiro atoms. The Balaban J connectivity index is 1.75. The molecule has 0 aliphatic rings. The zero-order chi connectivity index (χ0) is 14.4. The Labute approximate surface area is 126 Å². The fourth-order valence-corrected chi connectivity index (χ4v) is 1.94. The summed E-state index contributed by atoms with van der Waals surface area (Å²) in [4.78, 5) is 11.7. The predicted octanol–water partition coefficient (Wildman–Crippen LogP) is 2.88. The van der Waals surface area contributed by atoms with Gasteiger partial charge >= 0.3 is 0 Å². The zero-order valence-corrected chi connectivity index (χ0v) is 12.4. The van der Waals surface area contributed by atoms with E-state index in [0.717, 1.165) is 15.7 Å². The highest BCUT2D eigenvalue weighted by molar-refractivity contribution is 9.10. The van der Waals surface area contributed by atoms with Crippen LogP contribution in [0.2, 0.25) is 0 Å². The molecule has 0 aliphatic heterocycles. The smallest absolute Gasteiger partial charge is 0.238 e. The molecule has 2 aromatic carbocycles. The number of amides is 1. The normalized spacial score (nSPS) is 10.2. The van der Waals surface area contributed by atoms with Crippen molar-refractivity contribution in [1.29, 1.82) is 0 Å². The lowest BCUT2D eigenvalue weighted by Gasteiger charge is -2.07. The average Bonchev–Trinajstić information content (AvgIpc) is 2.44. The van der Waals surface area contributed by atoms with Gasteiger partial charge < -0.3 is 15.7 Å². The Morgan fingerprint density at radius 1 is 1.05 bits per heavy atom. The number of nitrogens with one attached hydrogen (secondary N) is 2. The number of aromatic hydroxyl groups is 1. The van der Waals surface area contributed by atoms with Crippen LogP contribution in [0.25, 0.3) is 0 Å². The highest BCUT2D eigenvalue weighted by Crippen LogP contribution is 2.13. The minimum Gasteiger partial charge on any atom is -0.508 e. The largest absolute Gasteiger partial charge is 0.508 e. The summed E-state index contributed by atoms with van der Waals surface area (Å²) in [6.45, 7) is 0.810. The second kappa shape index (κ2) is 7.07. The summed E-state index contributed by atoms with van der Waals surface area (Å²) >= 11 is 3.34. The zero-order valence-electron chi connectivity index (χ0n) is 10.8. The maximum absolute atomic E-state index is 11.7. The second-order valence-corrected chi connectivity index (χ2v) is 5.24. The van der Waals surface area contributed by atoms with E-state index in [1.807, 2.05) is 36.4 Å². The average molecular weight is 335 g/mol. The summed E-state index contributed by atoms with van der Waals surface area (Å²) in [6.07, 6.45) is 0. The van der Waals surface area contributed by atoms with Gasteiger partial charge in [0, 0.05) is 16.7 Å². The minimum atomic E-state index is -0.0916. The molecule has 0 unspecified atom stereocenters. The standard InChI is InChI=1S/C15H15BrN2O2/c16-12-3-5-13(6-4-12)18-15(20)10-17-9-11-1-7-14(19)8-2-11/h1-8,17,19H,9-10H2,(H,18,20). The Bertz CT molecular complexity index is 567. The molecule has 2 aromatic rings. The van der Waals surface area contributed by atoms with Gasteiger partial charge in [0.1, 0.15) is 5.75 Å². The molecule has 3 N–H and O–H groups in total. The highest BCUT2D eigenvalue weighted by atomic mass is 79.9. The molecule has 0 fully saturated rings. The molecule has 0 bridgehead atoms. The van der Waals surface area contributed by atoms with E-state index in [2.05, 4.69) is 26.6 Å². The van der Waals surface area contributed by atoms with Crippen molar-refractivity contribution in [2.75, 3.05) is 11.9 Å². The van der Waals surface area contributed by atoms with Crippen LogP contribution in [0.1, 0.15) is 5.56 Å². The number of hydrogen-bond acceptors (Lipinski definition) is 3. The van der Waals surface area contributed by atoms with Crippen LogP contribution in [0.5, 0.6) is 5.75 Å². The Kier molecular flexibility index (Phi) is 5.15. The van der Waals surface area contributed by atoms with E-state index in [0.29, 0.717) is 6.54 Å². The van der Waals surface area contributed by atoms with Crippen molar-refractivity contribution >= 4 is 27.5 Å². The van der Waals surface area contributed by atoms with Gasteiger partial charge in [-0.05, 0) is 42.0 Å². The van der Waals surface area contributed by atoms with Gasteiger partial charge in [-0.25, -0.2) is 0 Å². The van der Waals surface area contributed by atoms with Crippen molar-refractivity contribution in [2.45, 2.75) is 6.54 Å². The number of rotatable bonds is 5. The van der Waals surface area contributed by atoms with E-state index in [9.17, 15) is 4.79 Å². The molecule has 5 heteroatoms. The number of hydrogen-bond donors (Lipinski definition) is 3. The summed E-state index contributed by atoms with van der Waals surface area (Å²) in [5.74, 6) is 0.146. The van der Waals surface area contributed by atoms with Crippen molar-refractivity contribution in [1.82, 2.24) is 5.32 Å². The molecule has 4 nitrogen and oxygen atoms in total. The van der Waals surface area contributed by atoms with Gasteiger partial charge in [-0.15, -0.1) is 0 Å². The van der Waals surface area contributed by atoms with Crippen LogP contribution in [-0.4, -0.2) is 17.6 Å². The topological polar surface area (TPSA) is 61.4 Å². The van der Waals surface area contributed by atoms with E-state index in [1.54, 1.807) is 12.1 Å². The summed E-state index contributed by atoms with van der Waals surface area (Å²) in [5.41, 5.74) is 1.78. The van der Waals surface area contributed by atoms with Crippen molar-refractivity contribution in [2.24, 2.45) is 0 Å². The van der Waals surface area contributed by atoms with E-state index in [-0.39, 0.29) is 18.2 Å². The Morgan fingerprint density at radius 2 is 1.70 bits per heavy atom. The van der Waals surface area contributed by atoms with Gasteiger partial charge in [0.15, 0.2) is 0 Å². The fraction of sp³-hybridized carbons (Fsp3) is 0.133. The first-order valence-electron chi connectivity index (χ1n) is 6.17. The van der Waals surface area contributed by atoms with Gasteiger partial charge in [-0.2, -0.15) is 0 Å². The molecule has 0 radical (unpaired) electrons. The van der Waals surface area contributed by atoms with Crippen molar-refractivity contribution in [3.8, 4) is 5.75 Å². The second-order valence-electron chi connectivity index (χ2n) is 4.33. The minimum absolute atomic E-state index is 0.0916. The maximum Gasteiger partial charge on any atom is 0.238 e. The van der Waals surface area contributed by atoms with Gasteiger partial charge in [0.25, 0.3) is 0 Å². The number of halogens is 1. The molecule has 20 heavy (non-hydrogen) atoms. The first kappa shape index (κ1) is 14.6. The molecular formula is C15H15BrN2O2. The fourth-order valence-electron chi connectivity index (χ4n) is 1.67. The van der Waals surface area contributed by atoms with Gasteiger partial charge in [0.05, 0.1) is 6.54 Å².